The highest BCUT2D eigenvalue weighted by molar-refractivity contribution is 5.95. The summed E-state index contributed by atoms with van der Waals surface area (Å²) < 4.78 is 9.07. The van der Waals surface area contributed by atoms with E-state index in [1.54, 1.807) is 6.92 Å². The summed E-state index contributed by atoms with van der Waals surface area (Å²) >= 11 is 0. The second-order valence-electron chi connectivity index (χ2n) is 3.79. The van der Waals surface area contributed by atoms with Gasteiger partial charge in [-0.15, -0.1) is 0 Å². The van der Waals surface area contributed by atoms with Crippen molar-refractivity contribution in [3.63, 3.8) is 0 Å². The standard InChI is InChI=1S/C12H18O6/c1-4-9(13)7-17-10(14)5-6-11(15)18-12(16)8(2)3/h9,13H,2,4-7H2,1,3H3. The lowest BCUT2D eigenvalue weighted by Crippen LogP contribution is -2.19. The van der Waals surface area contributed by atoms with Crippen molar-refractivity contribution in [1.29, 1.82) is 0 Å². The first-order valence-electron chi connectivity index (χ1n) is 5.61. The van der Waals surface area contributed by atoms with Gasteiger partial charge >= 0.3 is 17.9 Å². The monoisotopic (exact) mass is 258 g/mol. The summed E-state index contributed by atoms with van der Waals surface area (Å²) in [6.45, 7) is 6.38. The maximum atomic E-state index is 11.1. The van der Waals surface area contributed by atoms with E-state index in [2.05, 4.69) is 11.3 Å². The largest absolute Gasteiger partial charge is 0.463 e. The molecule has 0 fully saturated rings. The zero-order valence-corrected chi connectivity index (χ0v) is 10.6. The molecule has 18 heavy (non-hydrogen) atoms. The molecule has 1 N–H and O–H groups in total. The Hall–Kier alpha value is -1.69. The third-order valence-corrected chi connectivity index (χ3v) is 2.00. The number of carbonyl (C=O) groups excluding carboxylic acids is 3. The number of aliphatic hydroxyl groups is 1. The zero-order chi connectivity index (χ0) is 14.1. The van der Waals surface area contributed by atoms with Crippen LogP contribution in [0, 0.1) is 0 Å². The number of rotatable bonds is 7. The van der Waals surface area contributed by atoms with Gasteiger partial charge in [-0.2, -0.15) is 0 Å². The first-order valence-corrected chi connectivity index (χ1v) is 5.61. The van der Waals surface area contributed by atoms with Crippen molar-refractivity contribution in [1.82, 2.24) is 0 Å². The molecule has 0 aliphatic carbocycles. The lowest BCUT2D eigenvalue weighted by molar-refractivity contribution is -0.159. The number of carbonyl (C=O) groups is 3. The molecule has 0 heterocycles. The smallest absolute Gasteiger partial charge is 0.340 e. The number of hydrogen-bond donors (Lipinski definition) is 1. The summed E-state index contributed by atoms with van der Waals surface area (Å²) in [5, 5.41) is 9.14. The van der Waals surface area contributed by atoms with Gasteiger partial charge in [0.2, 0.25) is 0 Å². The minimum atomic E-state index is -0.810. The van der Waals surface area contributed by atoms with Gasteiger partial charge in [-0.1, -0.05) is 13.5 Å². The summed E-state index contributed by atoms with van der Waals surface area (Å²) in [4.78, 5) is 33.2. The molecule has 0 spiro atoms. The second kappa shape index (κ2) is 8.41. The third kappa shape index (κ3) is 7.56. The molecule has 0 aromatic heterocycles. The fraction of sp³-hybridized carbons (Fsp3) is 0.583. The van der Waals surface area contributed by atoms with Gasteiger partial charge in [0.25, 0.3) is 0 Å². The molecular weight excluding hydrogens is 240 g/mol. The van der Waals surface area contributed by atoms with E-state index >= 15 is 0 Å². The highest BCUT2D eigenvalue weighted by atomic mass is 16.6. The van der Waals surface area contributed by atoms with Crippen molar-refractivity contribution < 1.29 is 29.0 Å². The molecule has 0 aliphatic rings. The summed E-state index contributed by atoms with van der Waals surface area (Å²) in [5.41, 5.74) is 0.108. The zero-order valence-electron chi connectivity index (χ0n) is 10.6. The molecule has 0 saturated carbocycles. The minimum Gasteiger partial charge on any atom is -0.463 e. The molecule has 0 amide bonds. The van der Waals surface area contributed by atoms with E-state index in [1.807, 2.05) is 0 Å². The number of aliphatic hydroxyl groups excluding tert-OH is 1. The molecule has 6 heteroatoms. The van der Waals surface area contributed by atoms with Crippen LogP contribution in [0.4, 0.5) is 0 Å². The first kappa shape index (κ1) is 16.3. The van der Waals surface area contributed by atoms with Crippen molar-refractivity contribution in [2.75, 3.05) is 6.61 Å². The summed E-state index contributed by atoms with van der Waals surface area (Å²) in [6.07, 6.45) is -0.674. The molecule has 0 radical (unpaired) electrons. The van der Waals surface area contributed by atoms with E-state index in [1.165, 1.54) is 6.92 Å². The topological polar surface area (TPSA) is 89.9 Å². The summed E-state index contributed by atoms with van der Waals surface area (Å²) in [5.74, 6) is -2.24. The van der Waals surface area contributed by atoms with Gasteiger partial charge in [0.15, 0.2) is 0 Å². The lowest BCUT2D eigenvalue weighted by atomic mass is 10.3. The van der Waals surface area contributed by atoms with Crippen LogP contribution >= 0.6 is 0 Å². The lowest BCUT2D eigenvalue weighted by Gasteiger charge is -2.08. The third-order valence-electron chi connectivity index (χ3n) is 2.00. The second-order valence-corrected chi connectivity index (χ2v) is 3.79. The van der Waals surface area contributed by atoms with Crippen molar-refractivity contribution >= 4 is 17.9 Å². The van der Waals surface area contributed by atoms with Gasteiger partial charge in [-0.05, 0) is 13.3 Å². The van der Waals surface area contributed by atoms with Crippen molar-refractivity contribution in [3.05, 3.63) is 12.2 Å². The molecule has 102 valence electrons. The van der Waals surface area contributed by atoms with Crippen LogP contribution < -0.4 is 0 Å². The fourth-order valence-electron chi connectivity index (χ4n) is 0.825. The Morgan fingerprint density at radius 3 is 2.28 bits per heavy atom. The Kier molecular flexibility index (Phi) is 7.62. The SMILES string of the molecule is C=C(C)C(=O)OC(=O)CCC(=O)OCC(O)CC. The van der Waals surface area contributed by atoms with Crippen LogP contribution in [0.3, 0.4) is 0 Å². The first-order chi connectivity index (χ1) is 8.36. The Morgan fingerprint density at radius 1 is 1.22 bits per heavy atom. The van der Waals surface area contributed by atoms with E-state index in [9.17, 15) is 14.4 Å². The summed E-state index contributed by atoms with van der Waals surface area (Å²) in [7, 11) is 0. The maximum Gasteiger partial charge on any atom is 0.340 e. The van der Waals surface area contributed by atoms with E-state index in [-0.39, 0.29) is 25.0 Å². The normalized spacial score (nSPS) is 11.5. The Bertz CT molecular complexity index is 333. The predicted octanol–water partition coefficient (Wildman–Crippen LogP) is 0.727. The average Bonchev–Trinajstić information content (AvgIpc) is 2.32. The minimum absolute atomic E-state index is 0.102. The molecule has 0 aromatic rings. The quantitative estimate of drug-likeness (QED) is 0.411. The van der Waals surface area contributed by atoms with Crippen molar-refractivity contribution in [2.45, 2.75) is 39.2 Å². The fourth-order valence-corrected chi connectivity index (χ4v) is 0.825. The van der Waals surface area contributed by atoms with Gasteiger partial charge < -0.3 is 14.6 Å². The number of esters is 3. The summed E-state index contributed by atoms with van der Waals surface area (Å²) in [6, 6.07) is 0. The van der Waals surface area contributed by atoms with Gasteiger partial charge in [0, 0.05) is 5.57 Å². The maximum absolute atomic E-state index is 11.1. The van der Waals surface area contributed by atoms with E-state index in [0.29, 0.717) is 6.42 Å². The van der Waals surface area contributed by atoms with Crippen LogP contribution in [0.1, 0.15) is 33.1 Å². The van der Waals surface area contributed by atoms with Gasteiger partial charge in [-0.3, -0.25) is 9.59 Å². The Morgan fingerprint density at radius 2 is 1.78 bits per heavy atom. The molecule has 0 saturated heterocycles. The molecule has 0 aromatic carbocycles. The molecule has 1 unspecified atom stereocenters. The Balaban J connectivity index is 3.82. The van der Waals surface area contributed by atoms with Crippen LogP contribution in [0.2, 0.25) is 0 Å². The molecule has 0 aliphatic heterocycles. The molecule has 6 nitrogen and oxygen atoms in total. The van der Waals surface area contributed by atoms with Gasteiger partial charge in [-0.25, -0.2) is 4.79 Å². The molecular formula is C12H18O6. The van der Waals surface area contributed by atoms with Gasteiger partial charge in [0.1, 0.15) is 6.61 Å². The van der Waals surface area contributed by atoms with Gasteiger partial charge in [0.05, 0.1) is 18.9 Å². The van der Waals surface area contributed by atoms with Crippen LogP contribution in [-0.2, 0) is 23.9 Å². The van der Waals surface area contributed by atoms with E-state index < -0.39 is 24.0 Å². The average molecular weight is 258 g/mol. The molecule has 1 atom stereocenters. The molecule has 0 bridgehead atoms. The van der Waals surface area contributed by atoms with Crippen LogP contribution in [0.5, 0.6) is 0 Å². The van der Waals surface area contributed by atoms with E-state index in [0.717, 1.165) is 0 Å². The highest BCUT2D eigenvalue weighted by Gasteiger charge is 2.14. The van der Waals surface area contributed by atoms with Crippen LogP contribution in [0.25, 0.3) is 0 Å². The van der Waals surface area contributed by atoms with E-state index in [4.69, 9.17) is 9.84 Å². The number of hydrogen-bond acceptors (Lipinski definition) is 6. The number of ether oxygens (including phenoxy) is 2. The van der Waals surface area contributed by atoms with Crippen molar-refractivity contribution in [3.8, 4) is 0 Å². The Labute approximate surface area is 106 Å². The van der Waals surface area contributed by atoms with Crippen molar-refractivity contribution in [2.24, 2.45) is 0 Å². The van der Waals surface area contributed by atoms with Crippen LogP contribution in [0.15, 0.2) is 12.2 Å². The predicted molar refractivity (Wildman–Crippen MR) is 62.4 cm³/mol. The van der Waals surface area contributed by atoms with Crippen LogP contribution in [-0.4, -0.2) is 35.7 Å². The molecule has 0 rings (SSSR count). The highest BCUT2D eigenvalue weighted by Crippen LogP contribution is 2.00.